The molecule has 1 aliphatic rings. The summed E-state index contributed by atoms with van der Waals surface area (Å²) in [4.78, 5) is 19.7. The zero-order chi connectivity index (χ0) is 16.2. The van der Waals surface area contributed by atoms with E-state index in [9.17, 15) is 0 Å². The molecule has 120 valence electrons. The van der Waals surface area contributed by atoms with Gasteiger partial charge in [0.15, 0.2) is 0 Å². The zero-order valence-electron chi connectivity index (χ0n) is 13.1. The first-order valence-electron chi connectivity index (χ1n) is 7.99. The zero-order valence-corrected chi connectivity index (χ0v) is 13.1. The maximum atomic E-state index is 5.80. The molecule has 0 radical (unpaired) electrons. The van der Waals surface area contributed by atoms with Crippen LogP contribution in [0.15, 0.2) is 61.2 Å². The summed E-state index contributed by atoms with van der Waals surface area (Å²) in [6.45, 7) is 0.935. The van der Waals surface area contributed by atoms with Gasteiger partial charge in [-0.3, -0.25) is 4.98 Å². The monoisotopic (exact) mass is 319 g/mol. The SMILES string of the molecule is c1cnc(N2CCC[C@@H]2c2cccc(Oc3cccnc3)n2)nc1. The Bertz CT molecular complexity index is 797. The van der Waals surface area contributed by atoms with Crippen LogP contribution in [0.2, 0.25) is 0 Å². The molecule has 0 N–H and O–H groups in total. The van der Waals surface area contributed by atoms with Gasteiger partial charge in [0.25, 0.3) is 0 Å². The van der Waals surface area contributed by atoms with Crippen LogP contribution in [-0.2, 0) is 0 Å². The fourth-order valence-electron chi connectivity index (χ4n) is 2.95. The highest BCUT2D eigenvalue weighted by atomic mass is 16.5. The van der Waals surface area contributed by atoms with E-state index < -0.39 is 0 Å². The lowest BCUT2D eigenvalue weighted by Crippen LogP contribution is -2.25. The maximum absolute atomic E-state index is 5.80. The predicted molar refractivity (Wildman–Crippen MR) is 89.9 cm³/mol. The van der Waals surface area contributed by atoms with Crippen molar-refractivity contribution in [1.82, 2.24) is 19.9 Å². The van der Waals surface area contributed by atoms with Gasteiger partial charge in [-0.05, 0) is 37.1 Å². The van der Waals surface area contributed by atoms with Crippen LogP contribution >= 0.6 is 0 Å². The number of nitrogens with zero attached hydrogens (tertiary/aromatic N) is 5. The van der Waals surface area contributed by atoms with Crippen molar-refractivity contribution in [2.24, 2.45) is 0 Å². The summed E-state index contributed by atoms with van der Waals surface area (Å²) in [5.41, 5.74) is 0.973. The lowest BCUT2D eigenvalue weighted by Gasteiger charge is -2.24. The molecule has 1 aliphatic heterocycles. The molecule has 6 nitrogen and oxygen atoms in total. The number of anilines is 1. The molecule has 1 saturated heterocycles. The van der Waals surface area contributed by atoms with E-state index in [1.54, 1.807) is 24.8 Å². The minimum Gasteiger partial charge on any atom is -0.437 e. The number of hydrogen-bond donors (Lipinski definition) is 0. The van der Waals surface area contributed by atoms with E-state index >= 15 is 0 Å². The number of pyridine rings is 2. The third-order valence-electron chi connectivity index (χ3n) is 4.01. The lowest BCUT2D eigenvalue weighted by atomic mass is 10.1. The van der Waals surface area contributed by atoms with Crippen LogP contribution in [0.4, 0.5) is 5.95 Å². The van der Waals surface area contributed by atoms with Gasteiger partial charge in [-0.2, -0.15) is 0 Å². The Kier molecular flexibility index (Phi) is 4.02. The van der Waals surface area contributed by atoms with Gasteiger partial charge in [0.2, 0.25) is 11.8 Å². The summed E-state index contributed by atoms with van der Waals surface area (Å²) in [6, 6.07) is 11.6. The van der Waals surface area contributed by atoms with Crippen molar-refractivity contribution < 1.29 is 4.74 Å². The molecule has 0 amide bonds. The van der Waals surface area contributed by atoms with E-state index in [2.05, 4.69) is 24.8 Å². The summed E-state index contributed by atoms with van der Waals surface area (Å²) in [5, 5.41) is 0. The molecule has 1 fully saturated rings. The van der Waals surface area contributed by atoms with Gasteiger partial charge in [-0.15, -0.1) is 0 Å². The maximum Gasteiger partial charge on any atom is 0.225 e. The van der Waals surface area contributed by atoms with Gasteiger partial charge >= 0.3 is 0 Å². The second-order valence-electron chi connectivity index (χ2n) is 5.59. The summed E-state index contributed by atoms with van der Waals surface area (Å²) in [7, 11) is 0. The molecule has 3 aromatic rings. The van der Waals surface area contributed by atoms with E-state index in [-0.39, 0.29) is 6.04 Å². The molecule has 0 unspecified atom stereocenters. The first kappa shape index (κ1) is 14.6. The third-order valence-corrected chi connectivity index (χ3v) is 4.01. The highest BCUT2D eigenvalue weighted by molar-refractivity contribution is 5.37. The van der Waals surface area contributed by atoms with E-state index in [1.165, 1.54) is 0 Å². The Morgan fingerprint density at radius 2 is 1.92 bits per heavy atom. The van der Waals surface area contributed by atoms with E-state index in [0.717, 1.165) is 31.0 Å². The summed E-state index contributed by atoms with van der Waals surface area (Å²) in [6.07, 6.45) is 9.06. The normalized spacial score (nSPS) is 17.0. The molecule has 0 saturated carbocycles. The van der Waals surface area contributed by atoms with Crippen molar-refractivity contribution in [3.05, 3.63) is 66.9 Å². The predicted octanol–water partition coefficient (Wildman–Crippen LogP) is 3.40. The Morgan fingerprint density at radius 3 is 2.75 bits per heavy atom. The lowest BCUT2D eigenvalue weighted by molar-refractivity contribution is 0.456. The van der Waals surface area contributed by atoms with Crippen LogP contribution in [0.25, 0.3) is 0 Å². The van der Waals surface area contributed by atoms with Crippen LogP contribution in [0.3, 0.4) is 0 Å². The van der Waals surface area contributed by atoms with Crippen molar-refractivity contribution in [1.29, 1.82) is 0 Å². The van der Waals surface area contributed by atoms with Gasteiger partial charge in [-0.1, -0.05) is 6.07 Å². The summed E-state index contributed by atoms with van der Waals surface area (Å²) < 4.78 is 5.80. The van der Waals surface area contributed by atoms with Crippen molar-refractivity contribution in [3.8, 4) is 11.6 Å². The molecule has 4 heterocycles. The van der Waals surface area contributed by atoms with E-state index in [0.29, 0.717) is 11.6 Å². The van der Waals surface area contributed by atoms with Gasteiger partial charge in [-0.25, -0.2) is 15.0 Å². The van der Waals surface area contributed by atoms with Crippen molar-refractivity contribution in [3.63, 3.8) is 0 Å². The molecule has 4 rings (SSSR count). The topological polar surface area (TPSA) is 64.0 Å². The average molecular weight is 319 g/mol. The van der Waals surface area contributed by atoms with Crippen LogP contribution in [0.5, 0.6) is 11.6 Å². The van der Waals surface area contributed by atoms with Crippen LogP contribution < -0.4 is 9.64 Å². The molecule has 0 spiro atoms. The number of rotatable bonds is 4. The molecule has 6 heteroatoms. The van der Waals surface area contributed by atoms with Crippen LogP contribution in [-0.4, -0.2) is 26.5 Å². The first-order valence-corrected chi connectivity index (χ1v) is 7.99. The summed E-state index contributed by atoms with van der Waals surface area (Å²) in [5.74, 6) is 2.00. The Hall–Kier alpha value is -3.02. The quantitative estimate of drug-likeness (QED) is 0.734. The number of ether oxygens (including phenoxy) is 1. The molecular formula is C18H17N5O. The second kappa shape index (κ2) is 6.62. The largest absolute Gasteiger partial charge is 0.437 e. The molecule has 0 bridgehead atoms. The Balaban J connectivity index is 1.58. The van der Waals surface area contributed by atoms with Crippen LogP contribution in [0, 0.1) is 0 Å². The third kappa shape index (κ3) is 3.03. The fraction of sp³-hybridized carbons (Fsp3) is 0.222. The van der Waals surface area contributed by atoms with Crippen molar-refractivity contribution in [2.45, 2.75) is 18.9 Å². The van der Waals surface area contributed by atoms with Gasteiger partial charge in [0.1, 0.15) is 5.75 Å². The highest BCUT2D eigenvalue weighted by Gasteiger charge is 2.29. The van der Waals surface area contributed by atoms with E-state index in [1.807, 2.05) is 36.4 Å². The fourth-order valence-corrected chi connectivity index (χ4v) is 2.95. The van der Waals surface area contributed by atoms with Crippen molar-refractivity contribution in [2.75, 3.05) is 11.4 Å². The number of aromatic nitrogens is 4. The number of hydrogen-bond acceptors (Lipinski definition) is 6. The minimum atomic E-state index is 0.171. The Morgan fingerprint density at radius 1 is 1.00 bits per heavy atom. The van der Waals surface area contributed by atoms with Gasteiger partial charge in [0, 0.05) is 31.2 Å². The molecule has 0 aliphatic carbocycles. The van der Waals surface area contributed by atoms with Gasteiger partial charge in [0.05, 0.1) is 17.9 Å². The average Bonchev–Trinajstić information content (AvgIpc) is 3.13. The molecule has 3 aromatic heterocycles. The smallest absolute Gasteiger partial charge is 0.225 e. The minimum absolute atomic E-state index is 0.171. The van der Waals surface area contributed by atoms with Gasteiger partial charge < -0.3 is 9.64 Å². The summed E-state index contributed by atoms with van der Waals surface area (Å²) >= 11 is 0. The van der Waals surface area contributed by atoms with E-state index in [4.69, 9.17) is 4.74 Å². The molecular weight excluding hydrogens is 302 g/mol. The molecule has 1 atom stereocenters. The van der Waals surface area contributed by atoms with Crippen molar-refractivity contribution >= 4 is 5.95 Å². The Labute approximate surface area is 140 Å². The molecule has 0 aromatic carbocycles. The second-order valence-corrected chi connectivity index (χ2v) is 5.59. The first-order chi connectivity index (χ1) is 11.9. The van der Waals surface area contributed by atoms with Crippen LogP contribution in [0.1, 0.15) is 24.6 Å². The standard InChI is InChI=1S/C18H17N5O/c1-6-15(22-17(8-1)24-14-5-2-9-19-13-14)16-7-3-12-23(16)18-20-10-4-11-21-18/h1-2,4-6,8-11,13,16H,3,7,12H2/t16-/m1/s1. The highest BCUT2D eigenvalue weighted by Crippen LogP contribution is 2.34. The molecule has 24 heavy (non-hydrogen) atoms.